The molecule has 4 aromatic rings. The molecule has 5 nitrogen and oxygen atoms in total. The molecule has 0 fully saturated rings. The number of nitrogens with two attached hydrogens (primary N) is 1. The Labute approximate surface area is 143 Å². The molecule has 0 aliphatic carbocycles. The number of benzene rings is 2. The molecule has 0 saturated heterocycles. The lowest BCUT2D eigenvalue weighted by molar-refractivity contribution is 1.13. The monoisotopic (exact) mass is 335 g/mol. The van der Waals surface area contributed by atoms with E-state index in [0.717, 1.165) is 28.3 Å². The molecule has 0 bridgehead atoms. The highest BCUT2D eigenvalue weighted by Crippen LogP contribution is 2.26. The van der Waals surface area contributed by atoms with Crippen molar-refractivity contribution in [2.45, 2.75) is 0 Å². The predicted octanol–water partition coefficient (Wildman–Crippen LogP) is 4.38. The maximum atomic E-state index is 5.92. The fourth-order valence-corrected chi connectivity index (χ4v) is 2.71. The first-order chi connectivity index (χ1) is 11.7. The van der Waals surface area contributed by atoms with E-state index in [1.807, 2.05) is 65.3 Å². The largest absolute Gasteiger partial charge is 0.399 e. The molecule has 4 rings (SSSR count). The summed E-state index contributed by atoms with van der Waals surface area (Å²) >= 11 is 5.92. The van der Waals surface area contributed by atoms with Crippen LogP contribution in [0.25, 0.3) is 16.9 Å². The summed E-state index contributed by atoms with van der Waals surface area (Å²) < 4.78 is 1.99. The third-order valence-electron chi connectivity index (χ3n) is 3.72. The van der Waals surface area contributed by atoms with Gasteiger partial charge in [0.25, 0.3) is 0 Å². The zero-order valence-electron chi connectivity index (χ0n) is 12.6. The number of rotatable bonds is 3. The van der Waals surface area contributed by atoms with Crippen LogP contribution in [-0.4, -0.2) is 14.4 Å². The van der Waals surface area contributed by atoms with Crippen LogP contribution < -0.4 is 11.1 Å². The van der Waals surface area contributed by atoms with E-state index in [0.29, 0.717) is 10.8 Å². The molecule has 0 unspecified atom stereocenters. The minimum Gasteiger partial charge on any atom is -0.399 e. The van der Waals surface area contributed by atoms with Gasteiger partial charge in [-0.1, -0.05) is 23.7 Å². The Morgan fingerprint density at radius 2 is 1.88 bits per heavy atom. The Kier molecular flexibility index (Phi) is 3.55. The maximum Gasteiger partial charge on any atom is 0.180 e. The molecule has 0 radical (unpaired) electrons. The van der Waals surface area contributed by atoms with E-state index in [2.05, 4.69) is 15.3 Å². The van der Waals surface area contributed by atoms with Crippen LogP contribution in [0.1, 0.15) is 0 Å². The van der Waals surface area contributed by atoms with Crippen LogP contribution in [0, 0.1) is 0 Å². The predicted molar refractivity (Wildman–Crippen MR) is 97.6 cm³/mol. The molecule has 2 heterocycles. The van der Waals surface area contributed by atoms with Gasteiger partial charge in [-0.15, -0.1) is 0 Å². The van der Waals surface area contributed by atoms with Crippen LogP contribution in [0.4, 0.5) is 17.2 Å². The normalized spacial score (nSPS) is 10.9. The minimum absolute atomic E-state index is 0.676. The summed E-state index contributed by atoms with van der Waals surface area (Å²) in [5, 5.41) is 3.96. The first-order valence-electron chi connectivity index (χ1n) is 7.41. The summed E-state index contributed by atoms with van der Waals surface area (Å²) in [5.41, 5.74) is 10.2. The van der Waals surface area contributed by atoms with Gasteiger partial charge in [0, 0.05) is 34.4 Å². The number of halogens is 1. The van der Waals surface area contributed by atoms with Crippen LogP contribution in [-0.2, 0) is 0 Å². The van der Waals surface area contributed by atoms with E-state index in [9.17, 15) is 0 Å². The van der Waals surface area contributed by atoms with Crippen molar-refractivity contribution in [1.82, 2.24) is 14.4 Å². The molecule has 0 amide bonds. The molecular weight excluding hydrogens is 322 g/mol. The molecule has 0 aliphatic heterocycles. The number of hydrogen-bond donors (Lipinski definition) is 2. The van der Waals surface area contributed by atoms with Crippen molar-refractivity contribution in [2.75, 3.05) is 11.1 Å². The van der Waals surface area contributed by atoms with Gasteiger partial charge < -0.3 is 11.1 Å². The number of nitrogen functional groups attached to an aromatic ring is 1. The van der Waals surface area contributed by atoms with Crippen LogP contribution in [0.2, 0.25) is 5.02 Å². The maximum absolute atomic E-state index is 5.92. The van der Waals surface area contributed by atoms with Gasteiger partial charge in [-0.2, -0.15) is 0 Å². The van der Waals surface area contributed by atoms with E-state index in [-0.39, 0.29) is 0 Å². The van der Waals surface area contributed by atoms with Crippen molar-refractivity contribution in [1.29, 1.82) is 0 Å². The summed E-state index contributed by atoms with van der Waals surface area (Å²) in [6.45, 7) is 0. The standard InChI is InChI=1S/C18H14ClN5/c19-13-4-6-15(7-5-13)23-17-18-22-11-16(24(18)9-8-21-17)12-2-1-3-14(20)10-12/h1-11H,20H2,(H,21,23). The molecule has 24 heavy (non-hydrogen) atoms. The fourth-order valence-electron chi connectivity index (χ4n) is 2.59. The molecule has 0 spiro atoms. The van der Waals surface area contributed by atoms with Crippen molar-refractivity contribution in [2.24, 2.45) is 0 Å². The Hall–Kier alpha value is -3.05. The Bertz CT molecular complexity index is 1010. The van der Waals surface area contributed by atoms with Gasteiger partial charge >= 0.3 is 0 Å². The summed E-state index contributed by atoms with van der Waals surface area (Å²) in [4.78, 5) is 8.91. The van der Waals surface area contributed by atoms with Crippen molar-refractivity contribution in [3.63, 3.8) is 0 Å². The van der Waals surface area contributed by atoms with E-state index < -0.39 is 0 Å². The average Bonchev–Trinajstić information content (AvgIpc) is 3.02. The lowest BCUT2D eigenvalue weighted by Gasteiger charge is -2.08. The Balaban J connectivity index is 1.77. The van der Waals surface area contributed by atoms with Gasteiger partial charge in [-0.05, 0) is 36.4 Å². The highest BCUT2D eigenvalue weighted by atomic mass is 35.5. The number of hydrogen-bond acceptors (Lipinski definition) is 4. The molecule has 6 heteroatoms. The van der Waals surface area contributed by atoms with Gasteiger partial charge in [-0.25, -0.2) is 9.97 Å². The first kappa shape index (κ1) is 14.5. The van der Waals surface area contributed by atoms with Crippen molar-refractivity contribution >= 4 is 34.4 Å². The van der Waals surface area contributed by atoms with Crippen LogP contribution in [0.15, 0.2) is 67.1 Å². The number of nitrogens with one attached hydrogen (secondary N) is 1. The highest BCUT2D eigenvalue weighted by Gasteiger charge is 2.10. The van der Waals surface area contributed by atoms with Gasteiger partial charge in [0.1, 0.15) is 0 Å². The van der Waals surface area contributed by atoms with E-state index in [1.165, 1.54) is 0 Å². The van der Waals surface area contributed by atoms with Crippen LogP contribution in [0.5, 0.6) is 0 Å². The molecule has 118 valence electrons. The molecular formula is C18H14ClN5. The topological polar surface area (TPSA) is 68.2 Å². The first-order valence-corrected chi connectivity index (χ1v) is 7.79. The number of imidazole rings is 1. The van der Waals surface area contributed by atoms with Crippen molar-refractivity contribution < 1.29 is 0 Å². The summed E-state index contributed by atoms with van der Waals surface area (Å²) in [7, 11) is 0. The van der Waals surface area contributed by atoms with E-state index >= 15 is 0 Å². The molecule has 0 aliphatic rings. The summed E-state index contributed by atoms with van der Waals surface area (Å²) in [6.07, 6.45) is 5.44. The molecule has 0 atom stereocenters. The second-order valence-electron chi connectivity index (χ2n) is 5.37. The molecule has 2 aromatic carbocycles. The molecule has 3 N–H and O–H groups in total. The average molecular weight is 336 g/mol. The summed E-state index contributed by atoms with van der Waals surface area (Å²) in [5.74, 6) is 0.676. The minimum atomic E-state index is 0.676. The van der Waals surface area contributed by atoms with Gasteiger partial charge in [-0.3, -0.25) is 4.40 Å². The number of fused-ring (bicyclic) bond motifs is 1. The SMILES string of the molecule is Nc1cccc(-c2cnc3c(Nc4ccc(Cl)cc4)nccn23)c1. The lowest BCUT2D eigenvalue weighted by atomic mass is 10.1. The Morgan fingerprint density at radius 1 is 1.04 bits per heavy atom. The third kappa shape index (κ3) is 2.66. The number of anilines is 3. The van der Waals surface area contributed by atoms with Crippen molar-refractivity contribution in [3.05, 3.63) is 72.1 Å². The van der Waals surface area contributed by atoms with Gasteiger partial charge in [0.2, 0.25) is 0 Å². The summed E-state index contributed by atoms with van der Waals surface area (Å²) in [6, 6.07) is 15.2. The molecule has 2 aromatic heterocycles. The number of nitrogens with zero attached hydrogens (tertiary/aromatic N) is 3. The van der Waals surface area contributed by atoms with Crippen LogP contribution in [0.3, 0.4) is 0 Å². The smallest absolute Gasteiger partial charge is 0.180 e. The van der Waals surface area contributed by atoms with Gasteiger partial charge in [0.05, 0.1) is 11.9 Å². The lowest BCUT2D eigenvalue weighted by Crippen LogP contribution is -1.98. The highest BCUT2D eigenvalue weighted by molar-refractivity contribution is 6.30. The second-order valence-corrected chi connectivity index (χ2v) is 5.81. The Morgan fingerprint density at radius 3 is 2.67 bits per heavy atom. The van der Waals surface area contributed by atoms with Crippen LogP contribution >= 0.6 is 11.6 Å². The van der Waals surface area contributed by atoms with E-state index in [1.54, 1.807) is 6.20 Å². The third-order valence-corrected chi connectivity index (χ3v) is 3.97. The quantitative estimate of drug-likeness (QED) is 0.545. The zero-order chi connectivity index (χ0) is 16.5. The molecule has 0 saturated carbocycles. The second kappa shape index (κ2) is 5.86. The zero-order valence-corrected chi connectivity index (χ0v) is 13.4. The van der Waals surface area contributed by atoms with Gasteiger partial charge in [0.15, 0.2) is 11.5 Å². The number of aromatic nitrogens is 3. The van der Waals surface area contributed by atoms with Crippen molar-refractivity contribution in [3.8, 4) is 11.3 Å². The fraction of sp³-hybridized carbons (Fsp3) is 0. The van der Waals surface area contributed by atoms with E-state index in [4.69, 9.17) is 17.3 Å².